The van der Waals surface area contributed by atoms with Crippen LogP contribution in [0, 0.1) is 0 Å². The Balaban J connectivity index is 1.46. The highest BCUT2D eigenvalue weighted by Gasteiger charge is 2.20. The first-order valence-corrected chi connectivity index (χ1v) is 8.66. The molecule has 0 saturated carbocycles. The summed E-state index contributed by atoms with van der Waals surface area (Å²) in [6.07, 6.45) is 0. The standard InChI is InChI=1S/C20H25N3O2/c1-21(15-17-5-3-2-4-6-17)20(25)16-22-11-13-23(14-12-22)18-7-9-19(24)10-8-18/h2-10,24H,11-16H2,1H3. The number of anilines is 1. The van der Waals surface area contributed by atoms with Crippen molar-refractivity contribution in [3.8, 4) is 5.75 Å². The van der Waals surface area contributed by atoms with E-state index in [4.69, 9.17) is 0 Å². The molecule has 1 aliphatic rings. The van der Waals surface area contributed by atoms with Gasteiger partial charge >= 0.3 is 0 Å². The lowest BCUT2D eigenvalue weighted by Crippen LogP contribution is -2.49. The Labute approximate surface area is 149 Å². The number of hydrogen-bond donors (Lipinski definition) is 1. The van der Waals surface area contributed by atoms with Gasteiger partial charge in [0.1, 0.15) is 5.75 Å². The molecule has 1 amide bonds. The van der Waals surface area contributed by atoms with Gasteiger partial charge in [-0.15, -0.1) is 0 Å². The summed E-state index contributed by atoms with van der Waals surface area (Å²) in [4.78, 5) is 18.7. The molecule has 5 nitrogen and oxygen atoms in total. The topological polar surface area (TPSA) is 47.0 Å². The van der Waals surface area contributed by atoms with E-state index in [1.165, 1.54) is 0 Å². The van der Waals surface area contributed by atoms with Gasteiger partial charge in [-0.1, -0.05) is 30.3 Å². The number of hydrogen-bond acceptors (Lipinski definition) is 4. The van der Waals surface area contributed by atoms with E-state index in [0.29, 0.717) is 13.1 Å². The van der Waals surface area contributed by atoms with Crippen LogP contribution in [0.25, 0.3) is 0 Å². The molecule has 2 aromatic carbocycles. The predicted octanol–water partition coefficient (Wildman–Crippen LogP) is 2.17. The third kappa shape index (κ3) is 4.73. The molecule has 3 rings (SSSR count). The molecule has 1 N–H and O–H groups in total. The number of piperazine rings is 1. The van der Waals surface area contributed by atoms with Gasteiger partial charge in [0.15, 0.2) is 0 Å². The Hall–Kier alpha value is -2.53. The minimum Gasteiger partial charge on any atom is -0.508 e. The third-order valence-corrected chi connectivity index (χ3v) is 4.63. The van der Waals surface area contributed by atoms with Gasteiger partial charge in [0.25, 0.3) is 0 Å². The molecular formula is C20H25N3O2. The molecule has 1 heterocycles. The number of rotatable bonds is 5. The van der Waals surface area contributed by atoms with E-state index in [0.717, 1.165) is 37.4 Å². The van der Waals surface area contributed by atoms with Gasteiger partial charge in [-0.2, -0.15) is 0 Å². The van der Waals surface area contributed by atoms with Crippen molar-refractivity contribution in [1.82, 2.24) is 9.80 Å². The predicted molar refractivity (Wildman–Crippen MR) is 99.7 cm³/mol. The number of phenols is 1. The molecule has 1 aliphatic heterocycles. The summed E-state index contributed by atoms with van der Waals surface area (Å²) in [5, 5.41) is 9.39. The third-order valence-electron chi connectivity index (χ3n) is 4.63. The van der Waals surface area contributed by atoms with Gasteiger partial charge in [-0.3, -0.25) is 9.69 Å². The Morgan fingerprint density at radius 3 is 2.28 bits per heavy atom. The maximum atomic E-state index is 12.4. The molecule has 1 fully saturated rings. The smallest absolute Gasteiger partial charge is 0.236 e. The molecule has 132 valence electrons. The molecular weight excluding hydrogens is 314 g/mol. The zero-order chi connectivity index (χ0) is 17.6. The van der Waals surface area contributed by atoms with Gasteiger partial charge in [-0.25, -0.2) is 0 Å². The lowest BCUT2D eigenvalue weighted by molar-refractivity contribution is -0.131. The van der Waals surface area contributed by atoms with Crippen LogP contribution in [-0.4, -0.2) is 60.6 Å². The Kier molecular flexibility index (Phi) is 5.56. The summed E-state index contributed by atoms with van der Waals surface area (Å²) >= 11 is 0. The fraction of sp³-hybridized carbons (Fsp3) is 0.350. The second-order valence-corrected chi connectivity index (χ2v) is 6.51. The minimum absolute atomic E-state index is 0.155. The van der Waals surface area contributed by atoms with E-state index in [1.54, 1.807) is 17.0 Å². The van der Waals surface area contributed by atoms with Gasteiger partial charge < -0.3 is 14.9 Å². The van der Waals surface area contributed by atoms with Crippen LogP contribution in [0.3, 0.4) is 0 Å². The van der Waals surface area contributed by atoms with Crippen molar-refractivity contribution in [1.29, 1.82) is 0 Å². The summed E-state index contributed by atoms with van der Waals surface area (Å²) in [6, 6.07) is 17.4. The van der Waals surface area contributed by atoms with Crippen LogP contribution in [0.4, 0.5) is 5.69 Å². The highest BCUT2D eigenvalue weighted by molar-refractivity contribution is 5.78. The molecule has 0 spiro atoms. The van der Waals surface area contributed by atoms with Crippen molar-refractivity contribution in [2.45, 2.75) is 6.54 Å². The number of likely N-dealkylation sites (N-methyl/N-ethyl adjacent to an activating group) is 1. The Bertz CT molecular complexity index is 680. The van der Waals surface area contributed by atoms with E-state index < -0.39 is 0 Å². The number of aromatic hydroxyl groups is 1. The van der Waals surface area contributed by atoms with Crippen LogP contribution >= 0.6 is 0 Å². The first kappa shape index (κ1) is 17.3. The minimum atomic E-state index is 0.155. The highest BCUT2D eigenvalue weighted by Crippen LogP contribution is 2.19. The summed E-state index contributed by atoms with van der Waals surface area (Å²) in [7, 11) is 1.86. The molecule has 5 heteroatoms. The van der Waals surface area contributed by atoms with Crippen molar-refractivity contribution in [2.75, 3.05) is 44.7 Å². The number of carbonyl (C=O) groups is 1. The molecule has 0 radical (unpaired) electrons. The van der Waals surface area contributed by atoms with Crippen molar-refractivity contribution in [3.63, 3.8) is 0 Å². The summed E-state index contributed by atoms with van der Waals surface area (Å²) < 4.78 is 0. The molecule has 0 bridgehead atoms. The van der Waals surface area contributed by atoms with Crippen LogP contribution in [-0.2, 0) is 11.3 Å². The van der Waals surface area contributed by atoms with E-state index in [2.05, 4.69) is 9.80 Å². The van der Waals surface area contributed by atoms with Crippen LogP contribution in [0.15, 0.2) is 54.6 Å². The number of benzene rings is 2. The zero-order valence-electron chi connectivity index (χ0n) is 14.6. The van der Waals surface area contributed by atoms with Crippen LogP contribution < -0.4 is 4.90 Å². The van der Waals surface area contributed by atoms with E-state index >= 15 is 0 Å². The number of amides is 1. The van der Waals surface area contributed by atoms with Crippen molar-refractivity contribution < 1.29 is 9.90 Å². The quantitative estimate of drug-likeness (QED) is 0.907. The second kappa shape index (κ2) is 8.03. The highest BCUT2D eigenvalue weighted by atomic mass is 16.3. The van der Waals surface area contributed by atoms with Crippen LogP contribution in [0.1, 0.15) is 5.56 Å². The van der Waals surface area contributed by atoms with E-state index in [-0.39, 0.29) is 11.7 Å². The van der Waals surface area contributed by atoms with Gasteiger partial charge in [-0.05, 0) is 29.8 Å². The van der Waals surface area contributed by atoms with Gasteiger partial charge in [0.05, 0.1) is 6.54 Å². The van der Waals surface area contributed by atoms with E-state index in [9.17, 15) is 9.90 Å². The average Bonchev–Trinajstić information content (AvgIpc) is 2.64. The zero-order valence-corrected chi connectivity index (χ0v) is 14.6. The molecule has 1 saturated heterocycles. The molecule has 0 aliphatic carbocycles. The maximum absolute atomic E-state index is 12.4. The molecule has 2 aromatic rings. The Morgan fingerprint density at radius 2 is 1.64 bits per heavy atom. The lowest BCUT2D eigenvalue weighted by atomic mass is 10.2. The summed E-state index contributed by atoms with van der Waals surface area (Å²) in [6.45, 7) is 4.62. The van der Waals surface area contributed by atoms with Crippen LogP contribution in [0.2, 0.25) is 0 Å². The largest absolute Gasteiger partial charge is 0.508 e. The molecule has 0 unspecified atom stereocenters. The lowest BCUT2D eigenvalue weighted by Gasteiger charge is -2.36. The maximum Gasteiger partial charge on any atom is 0.236 e. The first-order valence-electron chi connectivity index (χ1n) is 8.66. The molecule has 0 atom stereocenters. The fourth-order valence-corrected chi connectivity index (χ4v) is 3.09. The second-order valence-electron chi connectivity index (χ2n) is 6.51. The monoisotopic (exact) mass is 339 g/mol. The molecule has 0 aromatic heterocycles. The summed E-state index contributed by atoms with van der Waals surface area (Å²) in [5.74, 6) is 0.441. The van der Waals surface area contributed by atoms with Gasteiger partial charge in [0.2, 0.25) is 5.91 Å². The molecule has 25 heavy (non-hydrogen) atoms. The van der Waals surface area contributed by atoms with Crippen LogP contribution in [0.5, 0.6) is 5.75 Å². The fourth-order valence-electron chi connectivity index (χ4n) is 3.09. The van der Waals surface area contributed by atoms with Crippen molar-refractivity contribution in [3.05, 3.63) is 60.2 Å². The Morgan fingerprint density at radius 1 is 1.00 bits per heavy atom. The average molecular weight is 339 g/mol. The summed E-state index contributed by atoms with van der Waals surface area (Å²) in [5.41, 5.74) is 2.26. The van der Waals surface area contributed by atoms with Crippen molar-refractivity contribution >= 4 is 11.6 Å². The van der Waals surface area contributed by atoms with Crippen molar-refractivity contribution in [2.24, 2.45) is 0 Å². The SMILES string of the molecule is CN(Cc1ccccc1)C(=O)CN1CCN(c2ccc(O)cc2)CC1. The number of nitrogens with zero attached hydrogens (tertiary/aromatic N) is 3. The van der Waals surface area contributed by atoms with Gasteiger partial charge in [0, 0.05) is 45.5 Å². The first-order chi connectivity index (χ1) is 12.1. The van der Waals surface area contributed by atoms with E-state index in [1.807, 2.05) is 49.5 Å². The number of carbonyl (C=O) groups excluding carboxylic acids is 1. The number of phenolic OH excluding ortho intramolecular Hbond substituents is 1. The normalized spacial score (nSPS) is 15.2.